The predicted molar refractivity (Wildman–Crippen MR) is 96.9 cm³/mol. The van der Waals surface area contributed by atoms with Gasteiger partial charge in [-0.05, 0) is 66.4 Å². The Balaban J connectivity index is 1.82. The van der Waals surface area contributed by atoms with Crippen molar-refractivity contribution in [3.05, 3.63) is 11.6 Å². The molecule has 0 aromatic rings. The maximum absolute atomic E-state index is 13.1. The topological polar surface area (TPSA) is 56.6 Å². The standard InChI is InChI=1S/C20H31N3O2/c1-14-12-22(13-15(2)25-14)19(3,4)10-16(11-21)18(24)23-17-6-8-20(23,5)9-7-17/h10,14-15,17H,6-9,12-13H2,1-5H3/b16-10+/t14-,15+,17?,20?. The zero-order valence-corrected chi connectivity index (χ0v) is 16.2. The minimum absolute atomic E-state index is 0.0518. The number of ether oxygens (including phenoxy) is 1. The second-order valence-corrected chi connectivity index (χ2v) is 8.89. The lowest BCUT2D eigenvalue weighted by Gasteiger charge is -2.44. The first kappa shape index (κ1) is 18.4. The number of nitriles is 1. The van der Waals surface area contributed by atoms with E-state index in [1.165, 1.54) is 0 Å². The molecule has 1 amide bonds. The van der Waals surface area contributed by atoms with E-state index in [1.807, 2.05) is 11.0 Å². The Morgan fingerprint density at radius 2 is 1.80 bits per heavy atom. The van der Waals surface area contributed by atoms with Crippen LogP contribution in [0.3, 0.4) is 0 Å². The second-order valence-electron chi connectivity index (χ2n) is 8.89. The van der Waals surface area contributed by atoms with E-state index in [1.54, 1.807) is 0 Å². The molecule has 0 aromatic heterocycles. The third-order valence-corrected chi connectivity index (χ3v) is 6.28. The van der Waals surface area contributed by atoms with Crippen LogP contribution in [-0.4, -0.2) is 58.1 Å². The lowest BCUT2D eigenvalue weighted by molar-refractivity contribution is -0.130. The van der Waals surface area contributed by atoms with Crippen molar-refractivity contribution in [2.75, 3.05) is 13.1 Å². The molecule has 3 fully saturated rings. The van der Waals surface area contributed by atoms with Gasteiger partial charge in [-0.25, -0.2) is 0 Å². The Morgan fingerprint density at radius 1 is 1.24 bits per heavy atom. The first-order chi connectivity index (χ1) is 11.7. The zero-order chi connectivity index (χ0) is 18.4. The SMILES string of the molecule is C[C@@H]1CN(C(C)(C)/C=C(\C#N)C(=O)N2C3CCC2(C)CC3)C[C@H](C)O1. The summed E-state index contributed by atoms with van der Waals surface area (Å²) in [4.78, 5) is 17.4. The van der Waals surface area contributed by atoms with Gasteiger partial charge in [0.25, 0.3) is 5.91 Å². The quantitative estimate of drug-likeness (QED) is 0.583. The molecule has 3 heterocycles. The number of fused-ring (bicyclic) bond motifs is 2. The third kappa shape index (κ3) is 3.35. The fourth-order valence-electron chi connectivity index (χ4n) is 4.94. The van der Waals surface area contributed by atoms with Crippen molar-refractivity contribution in [3.63, 3.8) is 0 Å². The Kier molecular flexibility index (Phi) is 4.72. The summed E-state index contributed by atoms with van der Waals surface area (Å²) in [5, 5.41) is 9.69. The molecule has 3 rings (SSSR count). The fraction of sp³-hybridized carbons (Fsp3) is 0.800. The molecule has 3 saturated heterocycles. The van der Waals surface area contributed by atoms with Gasteiger partial charge in [0.1, 0.15) is 11.6 Å². The van der Waals surface area contributed by atoms with Crippen molar-refractivity contribution >= 4 is 5.91 Å². The summed E-state index contributed by atoms with van der Waals surface area (Å²) in [5.74, 6) is -0.0765. The van der Waals surface area contributed by atoms with Crippen LogP contribution in [0.2, 0.25) is 0 Å². The summed E-state index contributed by atoms with van der Waals surface area (Å²) >= 11 is 0. The second kappa shape index (κ2) is 6.41. The van der Waals surface area contributed by atoms with Gasteiger partial charge in [0.15, 0.2) is 0 Å². The molecule has 0 aromatic carbocycles. The van der Waals surface area contributed by atoms with Crippen LogP contribution in [0, 0.1) is 11.3 Å². The number of carbonyl (C=O) groups excluding carboxylic acids is 1. The highest BCUT2D eigenvalue weighted by Gasteiger charge is 2.51. The number of rotatable bonds is 3. The molecule has 138 valence electrons. The van der Waals surface area contributed by atoms with Gasteiger partial charge in [0.05, 0.1) is 12.2 Å². The van der Waals surface area contributed by atoms with Crippen molar-refractivity contribution in [2.45, 2.75) is 89.6 Å². The van der Waals surface area contributed by atoms with Gasteiger partial charge < -0.3 is 9.64 Å². The lowest BCUT2D eigenvalue weighted by Crippen LogP contribution is -2.54. The third-order valence-electron chi connectivity index (χ3n) is 6.28. The van der Waals surface area contributed by atoms with Crippen molar-refractivity contribution in [1.29, 1.82) is 5.26 Å². The van der Waals surface area contributed by atoms with E-state index in [9.17, 15) is 10.1 Å². The van der Waals surface area contributed by atoms with E-state index in [0.717, 1.165) is 38.8 Å². The van der Waals surface area contributed by atoms with E-state index in [-0.39, 0.29) is 34.8 Å². The van der Waals surface area contributed by atoms with Crippen LogP contribution < -0.4 is 0 Å². The Labute approximate surface area is 151 Å². The van der Waals surface area contributed by atoms with Crippen LogP contribution in [0.1, 0.15) is 60.3 Å². The molecule has 0 radical (unpaired) electrons. The molecule has 0 N–H and O–H groups in total. The molecule has 0 saturated carbocycles. The van der Waals surface area contributed by atoms with E-state index in [0.29, 0.717) is 6.04 Å². The summed E-state index contributed by atoms with van der Waals surface area (Å²) in [6, 6.07) is 2.51. The fourth-order valence-corrected chi connectivity index (χ4v) is 4.94. The Morgan fingerprint density at radius 3 is 2.24 bits per heavy atom. The Hall–Kier alpha value is -1.38. The summed E-state index contributed by atoms with van der Waals surface area (Å²) in [6.07, 6.45) is 6.46. The highest BCUT2D eigenvalue weighted by molar-refractivity contribution is 5.98. The monoisotopic (exact) mass is 345 g/mol. The largest absolute Gasteiger partial charge is 0.373 e. The van der Waals surface area contributed by atoms with Crippen molar-refractivity contribution < 1.29 is 9.53 Å². The minimum Gasteiger partial charge on any atom is -0.373 e. The van der Waals surface area contributed by atoms with E-state index < -0.39 is 0 Å². The Bertz CT molecular complexity index is 601. The van der Waals surface area contributed by atoms with E-state index >= 15 is 0 Å². The highest BCUT2D eigenvalue weighted by Crippen LogP contribution is 2.46. The molecule has 25 heavy (non-hydrogen) atoms. The number of nitrogens with zero attached hydrogens (tertiary/aromatic N) is 3. The predicted octanol–water partition coefficient (Wildman–Crippen LogP) is 2.87. The smallest absolute Gasteiger partial charge is 0.264 e. The van der Waals surface area contributed by atoms with Crippen LogP contribution in [0.4, 0.5) is 0 Å². The number of hydrogen-bond acceptors (Lipinski definition) is 4. The molecule has 0 unspecified atom stereocenters. The summed E-state index contributed by atoms with van der Waals surface area (Å²) < 4.78 is 5.82. The summed E-state index contributed by atoms with van der Waals surface area (Å²) in [5.41, 5.74) is -0.118. The normalized spacial score (nSPS) is 36.6. The number of carbonyl (C=O) groups is 1. The minimum atomic E-state index is -0.354. The molecule has 3 aliphatic rings. The average Bonchev–Trinajstić information content (AvgIpc) is 3.03. The lowest BCUT2D eigenvalue weighted by atomic mass is 9.89. The molecule has 2 atom stereocenters. The van der Waals surface area contributed by atoms with Crippen LogP contribution in [-0.2, 0) is 9.53 Å². The zero-order valence-electron chi connectivity index (χ0n) is 16.2. The van der Waals surface area contributed by atoms with Gasteiger partial charge in [-0.1, -0.05) is 0 Å². The van der Waals surface area contributed by atoms with Gasteiger partial charge in [-0.2, -0.15) is 5.26 Å². The van der Waals surface area contributed by atoms with Gasteiger partial charge >= 0.3 is 0 Å². The average molecular weight is 345 g/mol. The van der Waals surface area contributed by atoms with Crippen LogP contribution in [0.15, 0.2) is 11.6 Å². The van der Waals surface area contributed by atoms with E-state index in [4.69, 9.17) is 4.74 Å². The summed E-state index contributed by atoms with van der Waals surface area (Å²) in [7, 11) is 0. The molecule has 5 heteroatoms. The molecule has 5 nitrogen and oxygen atoms in total. The molecule has 0 spiro atoms. The van der Waals surface area contributed by atoms with Gasteiger partial charge in [-0.15, -0.1) is 0 Å². The maximum Gasteiger partial charge on any atom is 0.264 e. The van der Waals surface area contributed by atoms with Crippen molar-refractivity contribution in [1.82, 2.24) is 9.80 Å². The van der Waals surface area contributed by atoms with E-state index in [2.05, 4.69) is 45.6 Å². The number of morpholine rings is 1. The highest BCUT2D eigenvalue weighted by atomic mass is 16.5. The van der Waals surface area contributed by atoms with Gasteiger partial charge in [0, 0.05) is 30.2 Å². The number of amides is 1. The van der Waals surface area contributed by atoms with Crippen LogP contribution in [0.5, 0.6) is 0 Å². The number of hydrogen-bond donors (Lipinski definition) is 0. The first-order valence-corrected chi connectivity index (χ1v) is 9.53. The molecular weight excluding hydrogens is 314 g/mol. The van der Waals surface area contributed by atoms with Crippen LogP contribution >= 0.6 is 0 Å². The molecule has 2 bridgehead atoms. The van der Waals surface area contributed by atoms with Crippen molar-refractivity contribution in [3.8, 4) is 6.07 Å². The molecule has 3 aliphatic heterocycles. The summed E-state index contributed by atoms with van der Waals surface area (Å²) in [6.45, 7) is 12.1. The van der Waals surface area contributed by atoms with Crippen LogP contribution in [0.25, 0.3) is 0 Å². The molecular formula is C20H31N3O2. The van der Waals surface area contributed by atoms with Gasteiger partial charge in [-0.3, -0.25) is 9.69 Å². The maximum atomic E-state index is 13.1. The molecule has 0 aliphatic carbocycles. The van der Waals surface area contributed by atoms with Gasteiger partial charge in [0.2, 0.25) is 0 Å². The van der Waals surface area contributed by atoms with Crippen molar-refractivity contribution in [2.24, 2.45) is 0 Å². The first-order valence-electron chi connectivity index (χ1n) is 9.53.